The molecule has 0 aliphatic heterocycles. The van der Waals surface area contributed by atoms with Gasteiger partial charge in [-0.15, -0.1) is 0 Å². The summed E-state index contributed by atoms with van der Waals surface area (Å²) in [5.41, 5.74) is 1.26. The van der Waals surface area contributed by atoms with Crippen molar-refractivity contribution in [3.05, 3.63) is 33.8 Å². The van der Waals surface area contributed by atoms with E-state index in [4.69, 9.17) is 23.2 Å². The zero-order chi connectivity index (χ0) is 13.2. The van der Waals surface area contributed by atoms with Gasteiger partial charge in [0, 0.05) is 6.04 Å². The van der Waals surface area contributed by atoms with Gasteiger partial charge < -0.3 is 5.32 Å². The second-order valence-electron chi connectivity index (χ2n) is 5.98. The Kier molecular flexibility index (Phi) is 4.36. The molecule has 0 amide bonds. The molecule has 2 saturated carbocycles. The topological polar surface area (TPSA) is 12.0 Å². The summed E-state index contributed by atoms with van der Waals surface area (Å²) in [6.45, 7) is 1.14. The first kappa shape index (κ1) is 13.7. The summed E-state index contributed by atoms with van der Waals surface area (Å²) < 4.78 is 0. The minimum Gasteiger partial charge on any atom is -0.314 e. The zero-order valence-corrected chi connectivity index (χ0v) is 12.7. The molecule has 0 saturated heterocycles. The molecule has 2 unspecified atom stereocenters. The average molecular weight is 298 g/mol. The van der Waals surface area contributed by atoms with Crippen LogP contribution < -0.4 is 5.32 Å². The molecule has 2 atom stereocenters. The fourth-order valence-electron chi connectivity index (χ4n) is 3.27. The summed E-state index contributed by atoms with van der Waals surface area (Å²) in [7, 11) is 0. The minimum atomic E-state index is 0.575. The SMILES string of the molecule is Clc1cccc(C2CCCCC2CNC2CC2)c1Cl. The van der Waals surface area contributed by atoms with Gasteiger partial charge in [-0.1, -0.05) is 48.2 Å². The molecule has 0 spiro atoms. The van der Waals surface area contributed by atoms with Gasteiger partial charge >= 0.3 is 0 Å². The Labute approximate surface area is 125 Å². The fourth-order valence-corrected chi connectivity index (χ4v) is 3.72. The van der Waals surface area contributed by atoms with E-state index in [0.717, 1.165) is 17.6 Å². The number of benzene rings is 1. The van der Waals surface area contributed by atoms with Crippen LogP contribution in [-0.2, 0) is 0 Å². The smallest absolute Gasteiger partial charge is 0.0627 e. The average Bonchev–Trinajstić information content (AvgIpc) is 3.24. The Bertz CT molecular complexity index is 442. The second kappa shape index (κ2) is 6.03. The molecule has 3 heteroatoms. The Morgan fingerprint density at radius 1 is 1.05 bits per heavy atom. The van der Waals surface area contributed by atoms with Crippen molar-refractivity contribution >= 4 is 23.2 Å². The van der Waals surface area contributed by atoms with Crippen LogP contribution in [-0.4, -0.2) is 12.6 Å². The van der Waals surface area contributed by atoms with Gasteiger partial charge in [0.05, 0.1) is 10.0 Å². The molecule has 0 heterocycles. The molecule has 1 aromatic carbocycles. The first-order chi connectivity index (χ1) is 9.25. The molecule has 0 radical (unpaired) electrons. The zero-order valence-electron chi connectivity index (χ0n) is 11.2. The van der Waals surface area contributed by atoms with Crippen LogP contribution in [0.4, 0.5) is 0 Å². The minimum absolute atomic E-state index is 0.575. The van der Waals surface area contributed by atoms with Crippen molar-refractivity contribution in [1.82, 2.24) is 5.32 Å². The molecule has 2 aliphatic rings. The summed E-state index contributed by atoms with van der Waals surface area (Å²) >= 11 is 12.6. The van der Waals surface area contributed by atoms with E-state index in [1.54, 1.807) is 0 Å². The van der Waals surface area contributed by atoms with Crippen molar-refractivity contribution in [2.75, 3.05) is 6.54 Å². The Morgan fingerprint density at radius 2 is 1.84 bits per heavy atom. The molecule has 1 N–H and O–H groups in total. The second-order valence-corrected chi connectivity index (χ2v) is 6.76. The Hall–Kier alpha value is -0.240. The number of hydrogen-bond acceptors (Lipinski definition) is 1. The summed E-state index contributed by atoms with van der Waals surface area (Å²) in [5.74, 6) is 1.29. The molecule has 19 heavy (non-hydrogen) atoms. The molecule has 1 aromatic rings. The van der Waals surface area contributed by atoms with Crippen molar-refractivity contribution in [3.63, 3.8) is 0 Å². The molecule has 104 valence electrons. The van der Waals surface area contributed by atoms with Gasteiger partial charge in [-0.3, -0.25) is 0 Å². The van der Waals surface area contributed by atoms with Crippen LogP contribution >= 0.6 is 23.2 Å². The number of halogens is 2. The largest absolute Gasteiger partial charge is 0.314 e. The van der Waals surface area contributed by atoms with Crippen LogP contribution in [0.3, 0.4) is 0 Å². The van der Waals surface area contributed by atoms with Crippen molar-refractivity contribution < 1.29 is 0 Å². The lowest BCUT2D eigenvalue weighted by atomic mass is 9.75. The summed E-state index contributed by atoms with van der Waals surface area (Å²) in [4.78, 5) is 0. The van der Waals surface area contributed by atoms with Crippen LogP contribution in [0, 0.1) is 5.92 Å². The van der Waals surface area contributed by atoms with Crippen LogP contribution in [0.5, 0.6) is 0 Å². The van der Waals surface area contributed by atoms with E-state index in [-0.39, 0.29) is 0 Å². The molecule has 0 bridgehead atoms. The van der Waals surface area contributed by atoms with Gasteiger partial charge in [0.25, 0.3) is 0 Å². The van der Waals surface area contributed by atoms with Gasteiger partial charge in [0.2, 0.25) is 0 Å². The molecule has 2 fully saturated rings. The van der Waals surface area contributed by atoms with Gasteiger partial charge in [0.1, 0.15) is 0 Å². The fraction of sp³-hybridized carbons (Fsp3) is 0.625. The van der Waals surface area contributed by atoms with E-state index < -0.39 is 0 Å². The van der Waals surface area contributed by atoms with Crippen molar-refractivity contribution in [3.8, 4) is 0 Å². The van der Waals surface area contributed by atoms with Gasteiger partial charge in [-0.25, -0.2) is 0 Å². The third kappa shape index (κ3) is 3.26. The summed E-state index contributed by atoms with van der Waals surface area (Å²) in [6, 6.07) is 6.86. The van der Waals surface area contributed by atoms with E-state index in [0.29, 0.717) is 16.9 Å². The quantitative estimate of drug-likeness (QED) is 0.823. The number of hydrogen-bond donors (Lipinski definition) is 1. The van der Waals surface area contributed by atoms with E-state index in [2.05, 4.69) is 11.4 Å². The first-order valence-corrected chi connectivity index (χ1v) is 8.18. The highest BCUT2D eigenvalue weighted by Crippen LogP contribution is 2.42. The van der Waals surface area contributed by atoms with E-state index in [9.17, 15) is 0 Å². The third-order valence-electron chi connectivity index (χ3n) is 4.54. The first-order valence-electron chi connectivity index (χ1n) is 7.43. The maximum atomic E-state index is 6.41. The van der Waals surface area contributed by atoms with E-state index in [1.807, 2.05) is 12.1 Å². The monoisotopic (exact) mass is 297 g/mol. The molecule has 0 aromatic heterocycles. The highest BCUT2D eigenvalue weighted by Gasteiger charge is 2.30. The van der Waals surface area contributed by atoms with E-state index in [1.165, 1.54) is 44.1 Å². The standard InChI is InChI=1S/C16H21Cl2N/c17-15-7-3-6-14(16(15)18)13-5-2-1-4-11(13)10-19-12-8-9-12/h3,6-7,11-13,19H,1-2,4-5,8-10H2. The molecular formula is C16H21Cl2N. The predicted octanol–water partition coefficient (Wildman–Crippen LogP) is 5.02. The highest BCUT2D eigenvalue weighted by molar-refractivity contribution is 6.42. The highest BCUT2D eigenvalue weighted by atomic mass is 35.5. The van der Waals surface area contributed by atoms with Crippen molar-refractivity contribution in [2.24, 2.45) is 5.92 Å². The van der Waals surface area contributed by atoms with Crippen LogP contribution in [0.2, 0.25) is 10.0 Å². The van der Waals surface area contributed by atoms with Crippen molar-refractivity contribution in [2.45, 2.75) is 50.5 Å². The van der Waals surface area contributed by atoms with Gasteiger partial charge in [0.15, 0.2) is 0 Å². The summed E-state index contributed by atoms with van der Waals surface area (Å²) in [5, 5.41) is 5.15. The van der Waals surface area contributed by atoms with Gasteiger partial charge in [-0.2, -0.15) is 0 Å². The predicted molar refractivity (Wildman–Crippen MR) is 82.2 cm³/mol. The third-order valence-corrected chi connectivity index (χ3v) is 5.37. The lowest BCUT2D eigenvalue weighted by molar-refractivity contribution is 0.295. The lowest BCUT2D eigenvalue weighted by Gasteiger charge is -2.33. The van der Waals surface area contributed by atoms with Crippen molar-refractivity contribution in [1.29, 1.82) is 0 Å². The molecule has 2 aliphatic carbocycles. The molecular weight excluding hydrogens is 277 g/mol. The number of nitrogens with one attached hydrogen (secondary N) is 1. The Morgan fingerprint density at radius 3 is 2.63 bits per heavy atom. The normalized spacial score (nSPS) is 27.5. The lowest BCUT2D eigenvalue weighted by Crippen LogP contribution is -2.30. The summed E-state index contributed by atoms with van der Waals surface area (Å²) in [6.07, 6.45) is 7.94. The molecule has 1 nitrogen and oxygen atoms in total. The maximum Gasteiger partial charge on any atom is 0.0627 e. The maximum absolute atomic E-state index is 6.41. The molecule has 3 rings (SSSR count). The van der Waals surface area contributed by atoms with Crippen LogP contribution in [0.1, 0.15) is 50.0 Å². The van der Waals surface area contributed by atoms with Crippen LogP contribution in [0.15, 0.2) is 18.2 Å². The number of rotatable bonds is 4. The van der Waals surface area contributed by atoms with Gasteiger partial charge in [-0.05, 0) is 55.7 Å². The Balaban J connectivity index is 1.76. The van der Waals surface area contributed by atoms with Crippen LogP contribution in [0.25, 0.3) is 0 Å². The van der Waals surface area contributed by atoms with E-state index >= 15 is 0 Å².